The molecule has 2 atom stereocenters. The van der Waals surface area contributed by atoms with Gasteiger partial charge in [-0.3, -0.25) is 4.79 Å². The summed E-state index contributed by atoms with van der Waals surface area (Å²) in [6.45, 7) is 7.96. The van der Waals surface area contributed by atoms with Crippen LogP contribution in [-0.4, -0.2) is 47.5 Å². The normalized spacial score (nSPS) is 17.7. The van der Waals surface area contributed by atoms with E-state index >= 15 is 0 Å². The number of nitrogen functional groups attached to an aromatic ring is 1. The Morgan fingerprint density at radius 1 is 1.16 bits per heavy atom. The minimum absolute atomic E-state index is 0.00967. The van der Waals surface area contributed by atoms with Gasteiger partial charge in [0.2, 0.25) is 5.88 Å². The highest BCUT2D eigenvalue weighted by Gasteiger charge is 2.33. The van der Waals surface area contributed by atoms with E-state index < -0.39 is 15.9 Å². The van der Waals surface area contributed by atoms with Crippen molar-refractivity contribution in [2.45, 2.75) is 63.8 Å². The van der Waals surface area contributed by atoms with Crippen molar-refractivity contribution in [1.29, 1.82) is 0 Å². The van der Waals surface area contributed by atoms with Crippen LogP contribution in [0.2, 0.25) is 0 Å². The lowest BCUT2D eigenvalue weighted by Crippen LogP contribution is -2.37. The second-order valence-electron chi connectivity index (χ2n) is 9.26. The van der Waals surface area contributed by atoms with Crippen LogP contribution in [0.25, 0.3) is 11.3 Å². The summed E-state index contributed by atoms with van der Waals surface area (Å²) < 4.78 is 34.1. The minimum atomic E-state index is -4.26. The predicted molar refractivity (Wildman–Crippen MR) is 145 cm³/mol. The third kappa shape index (κ3) is 5.85. The Hall–Kier alpha value is -3.25. The van der Waals surface area contributed by atoms with Crippen molar-refractivity contribution in [1.82, 2.24) is 19.7 Å². The summed E-state index contributed by atoms with van der Waals surface area (Å²) in [6.07, 6.45) is 3.48. The van der Waals surface area contributed by atoms with Gasteiger partial charge in [0.05, 0.1) is 17.4 Å². The van der Waals surface area contributed by atoms with Crippen LogP contribution in [0.4, 0.5) is 11.6 Å². The maximum atomic E-state index is 13.4. The van der Waals surface area contributed by atoms with Gasteiger partial charge in [0, 0.05) is 34.4 Å². The number of nitrogens with zero attached hydrogens (tertiary/aromatic N) is 4. The SMILES string of the molecule is CC(C)Oc1ccc(-c2nc(N3C(C)CC[C@H]3C)c(C(=O)NS(=O)(=O)c3cccc(N)n3)cc2Br)cn1. The van der Waals surface area contributed by atoms with Crippen LogP contribution in [0.15, 0.2) is 52.1 Å². The molecule has 12 heteroatoms. The maximum absolute atomic E-state index is 13.4. The first-order valence-electron chi connectivity index (χ1n) is 11.9. The van der Waals surface area contributed by atoms with E-state index in [1.807, 2.05) is 19.9 Å². The van der Waals surface area contributed by atoms with Gasteiger partial charge < -0.3 is 15.4 Å². The molecule has 0 aliphatic carbocycles. The van der Waals surface area contributed by atoms with Crippen molar-refractivity contribution in [2.24, 2.45) is 0 Å². The van der Waals surface area contributed by atoms with Gasteiger partial charge in [-0.2, -0.15) is 8.42 Å². The number of hydrogen-bond acceptors (Lipinski definition) is 9. The number of hydrogen-bond donors (Lipinski definition) is 2. The highest BCUT2D eigenvalue weighted by atomic mass is 79.9. The average molecular weight is 590 g/mol. The molecule has 0 bridgehead atoms. The monoisotopic (exact) mass is 588 g/mol. The van der Waals surface area contributed by atoms with Crippen LogP contribution < -0.4 is 20.1 Å². The quantitative estimate of drug-likeness (QED) is 0.416. The first-order valence-corrected chi connectivity index (χ1v) is 14.2. The summed E-state index contributed by atoms with van der Waals surface area (Å²) in [5.74, 6) is 0.103. The molecule has 1 aliphatic heterocycles. The third-order valence-electron chi connectivity index (χ3n) is 6.01. The van der Waals surface area contributed by atoms with Crippen LogP contribution in [-0.2, 0) is 10.0 Å². The van der Waals surface area contributed by atoms with Crippen LogP contribution in [0.1, 0.15) is 50.9 Å². The number of rotatable bonds is 7. The Kier molecular flexibility index (Phi) is 7.69. The zero-order valence-electron chi connectivity index (χ0n) is 21.0. The molecule has 0 spiro atoms. The molecule has 1 amide bonds. The minimum Gasteiger partial charge on any atom is -0.475 e. The number of pyridine rings is 3. The molecular formula is C25H29BrN6O4S. The predicted octanol–water partition coefficient (Wildman–Crippen LogP) is 4.17. The maximum Gasteiger partial charge on any atom is 0.281 e. The fourth-order valence-corrected chi connectivity index (χ4v) is 5.79. The summed E-state index contributed by atoms with van der Waals surface area (Å²) >= 11 is 3.52. The van der Waals surface area contributed by atoms with Gasteiger partial charge in [-0.25, -0.2) is 19.7 Å². The van der Waals surface area contributed by atoms with E-state index in [1.54, 1.807) is 18.3 Å². The molecule has 1 fully saturated rings. The van der Waals surface area contributed by atoms with E-state index in [9.17, 15) is 13.2 Å². The first-order chi connectivity index (χ1) is 17.5. The average Bonchev–Trinajstić information content (AvgIpc) is 3.16. The molecule has 3 aromatic rings. The molecule has 4 heterocycles. The van der Waals surface area contributed by atoms with Crippen LogP contribution in [0.3, 0.4) is 0 Å². The van der Waals surface area contributed by atoms with Crippen LogP contribution >= 0.6 is 15.9 Å². The van der Waals surface area contributed by atoms with Gasteiger partial charge in [0.25, 0.3) is 15.9 Å². The van der Waals surface area contributed by atoms with Gasteiger partial charge in [0.1, 0.15) is 11.6 Å². The van der Waals surface area contributed by atoms with Gasteiger partial charge in [-0.05, 0) is 80.7 Å². The number of carbonyl (C=O) groups excluding carboxylic acids is 1. The molecule has 1 saturated heterocycles. The number of nitrogens with one attached hydrogen (secondary N) is 1. The van der Waals surface area contributed by atoms with E-state index in [2.05, 4.69) is 49.4 Å². The molecule has 10 nitrogen and oxygen atoms in total. The Labute approximate surface area is 224 Å². The summed E-state index contributed by atoms with van der Waals surface area (Å²) in [5, 5.41) is -0.344. The fraction of sp³-hybridized carbons (Fsp3) is 0.360. The second kappa shape index (κ2) is 10.6. The Morgan fingerprint density at radius 3 is 2.46 bits per heavy atom. The Bertz CT molecular complexity index is 1410. The third-order valence-corrected chi connectivity index (χ3v) is 7.85. The summed E-state index contributed by atoms with van der Waals surface area (Å²) in [6, 6.07) is 9.60. The summed E-state index contributed by atoms with van der Waals surface area (Å²) in [4.78, 5) is 28.5. The number of sulfonamides is 1. The van der Waals surface area contributed by atoms with Crippen LogP contribution in [0.5, 0.6) is 5.88 Å². The lowest BCUT2D eigenvalue weighted by atomic mass is 10.1. The number of nitrogens with two attached hydrogens (primary N) is 1. The van der Waals surface area contributed by atoms with Gasteiger partial charge in [-0.1, -0.05) is 6.07 Å². The largest absolute Gasteiger partial charge is 0.475 e. The summed E-state index contributed by atoms with van der Waals surface area (Å²) in [5.41, 5.74) is 7.04. The zero-order chi connectivity index (χ0) is 26.9. The summed E-state index contributed by atoms with van der Waals surface area (Å²) in [7, 11) is -4.26. The van der Waals surface area contributed by atoms with E-state index in [-0.39, 0.29) is 34.6 Å². The number of amides is 1. The van der Waals surface area contributed by atoms with E-state index in [0.717, 1.165) is 12.8 Å². The van der Waals surface area contributed by atoms with Crippen molar-refractivity contribution in [3.63, 3.8) is 0 Å². The number of ether oxygens (including phenoxy) is 1. The molecule has 0 saturated carbocycles. The molecule has 3 N–H and O–H groups in total. The molecule has 4 rings (SSSR count). The topological polar surface area (TPSA) is 140 Å². The van der Waals surface area contributed by atoms with Gasteiger partial charge in [-0.15, -0.1) is 0 Å². The molecule has 196 valence electrons. The highest BCUT2D eigenvalue weighted by Crippen LogP contribution is 2.37. The van der Waals surface area contributed by atoms with Crippen molar-refractivity contribution >= 4 is 43.5 Å². The molecule has 37 heavy (non-hydrogen) atoms. The molecule has 1 unspecified atom stereocenters. The van der Waals surface area contributed by atoms with E-state index in [1.165, 1.54) is 18.2 Å². The molecule has 1 aliphatic rings. The van der Waals surface area contributed by atoms with Crippen molar-refractivity contribution in [3.8, 4) is 17.1 Å². The molecular weight excluding hydrogens is 560 g/mol. The molecule has 0 radical (unpaired) electrons. The number of carbonyl (C=O) groups is 1. The zero-order valence-corrected chi connectivity index (χ0v) is 23.4. The lowest BCUT2D eigenvalue weighted by Gasteiger charge is -2.30. The lowest BCUT2D eigenvalue weighted by molar-refractivity contribution is 0.0981. The smallest absolute Gasteiger partial charge is 0.281 e. The van der Waals surface area contributed by atoms with E-state index in [0.29, 0.717) is 27.4 Å². The highest BCUT2D eigenvalue weighted by molar-refractivity contribution is 9.10. The number of halogens is 1. The molecule has 0 aromatic carbocycles. The van der Waals surface area contributed by atoms with Crippen molar-refractivity contribution < 1.29 is 17.9 Å². The van der Waals surface area contributed by atoms with Crippen molar-refractivity contribution in [3.05, 3.63) is 52.6 Å². The fourth-order valence-electron chi connectivity index (χ4n) is 4.30. The number of aromatic nitrogens is 3. The van der Waals surface area contributed by atoms with Crippen LogP contribution in [0, 0.1) is 0 Å². The van der Waals surface area contributed by atoms with Crippen molar-refractivity contribution in [2.75, 3.05) is 10.6 Å². The Balaban J connectivity index is 1.76. The second-order valence-corrected chi connectivity index (χ2v) is 11.7. The van der Waals surface area contributed by atoms with Gasteiger partial charge in [0.15, 0.2) is 5.03 Å². The molecule has 3 aromatic heterocycles. The standard InChI is InChI=1S/C25H29BrN6O4S/c1-14(2)36-21-11-10-17(13-28-21)23-19(26)12-18(24(30-23)32-15(3)8-9-16(32)4)25(33)31-37(34,35)22-7-5-6-20(27)29-22/h5-7,10-16H,8-9H2,1-4H3,(H2,27,29)(H,31,33)/t15-,16?/m1/s1. The van der Waals surface area contributed by atoms with E-state index in [4.69, 9.17) is 15.5 Å². The first kappa shape index (κ1) is 26.8. The van der Waals surface area contributed by atoms with Gasteiger partial charge >= 0.3 is 0 Å². The number of anilines is 2. The Morgan fingerprint density at radius 2 is 1.86 bits per heavy atom.